The number of nitrogens with zero attached hydrogens (tertiary/aromatic N) is 2. The standard InChI is InChI=1S/C16H21N3O3S2/c1-2-24(21,22)19-8-4-5-11(10-19)15(20)18-16-13(9-17)12-6-3-7-14(12)23-16/h11H,2-8,10H2,1H3,(H,18,20). The molecule has 0 saturated carbocycles. The molecule has 1 fully saturated rings. The number of amides is 1. The van der Waals surface area contributed by atoms with Crippen LogP contribution in [0.5, 0.6) is 0 Å². The number of piperidine rings is 1. The summed E-state index contributed by atoms with van der Waals surface area (Å²) in [5, 5.41) is 12.9. The minimum absolute atomic E-state index is 0.0531. The van der Waals surface area contributed by atoms with Gasteiger partial charge in [0.15, 0.2) is 0 Å². The molecule has 1 aromatic rings. The van der Waals surface area contributed by atoms with Gasteiger partial charge in [-0.05, 0) is 44.6 Å². The molecule has 1 amide bonds. The molecule has 3 rings (SSSR count). The molecule has 2 aliphatic rings. The number of nitrogens with one attached hydrogen (secondary N) is 1. The second-order valence-electron chi connectivity index (χ2n) is 6.26. The first-order chi connectivity index (χ1) is 11.5. The monoisotopic (exact) mass is 367 g/mol. The summed E-state index contributed by atoms with van der Waals surface area (Å²) in [4.78, 5) is 13.8. The summed E-state index contributed by atoms with van der Waals surface area (Å²) in [5.74, 6) is -0.483. The molecule has 1 aliphatic carbocycles. The summed E-state index contributed by atoms with van der Waals surface area (Å²) >= 11 is 1.49. The lowest BCUT2D eigenvalue weighted by Gasteiger charge is -2.30. The number of sulfonamides is 1. The molecule has 6 nitrogen and oxygen atoms in total. The van der Waals surface area contributed by atoms with Gasteiger partial charge in [-0.15, -0.1) is 11.3 Å². The van der Waals surface area contributed by atoms with E-state index in [1.807, 2.05) is 0 Å². The van der Waals surface area contributed by atoms with Crippen LogP contribution in [0, 0.1) is 17.2 Å². The minimum Gasteiger partial charge on any atom is -0.316 e. The lowest BCUT2D eigenvalue weighted by atomic mass is 9.99. The predicted molar refractivity (Wildman–Crippen MR) is 93.4 cm³/mol. The van der Waals surface area contributed by atoms with Gasteiger partial charge in [0.05, 0.1) is 17.2 Å². The summed E-state index contributed by atoms with van der Waals surface area (Å²) in [7, 11) is -3.27. The molecule has 1 unspecified atom stereocenters. The van der Waals surface area contributed by atoms with Crippen LogP contribution < -0.4 is 5.32 Å². The van der Waals surface area contributed by atoms with Gasteiger partial charge in [-0.1, -0.05) is 0 Å². The van der Waals surface area contributed by atoms with E-state index in [4.69, 9.17) is 0 Å². The molecule has 0 aromatic carbocycles. The van der Waals surface area contributed by atoms with Crippen LogP contribution >= 0.6 is 11.3 Å². The molecule has 1 atom stereocenters. The zero-order valence-electron chi connectivity index (χ0n) is 13.7. The van der Waals surface area contributed by atoms with Crippen molar-refractivity contribution in [2.24, 2.45) is 5.92 Å². The summed E-state index contributed by atoms with van der Waals surface area (Å²) < 4.78 is 25.5. The first-order valence-corrected chi connectivity index (χ1v) is 10.7. The summed E-state index contributed by atoms with van der Waals surface area (Å²) in [6.45, 7) is 2.33. The van der Waals surface area contributed by atoms with Gasteiger partial charge >= 0.3 is 0 Å². The number of hydrogen-bond donors (Lipinski definition) is 1. The molecule has 24 heavy (non-hydrogen) atoms. The molecule has 8 heteroatoms. The highest BCUT2D eigenvalue weighted by Crippen LogP contribution is 2.39. The van der Waals surface area contributed by atoms with E-state index in [2.05, 4.69) is 11.4 Å². The van der Waals surface area contributed by atoms with E-state index in [9.17, 15) is 18.5 Å². The Hall–Kier alpha value is -1.43. The fraction of sp³-hybridized carbons (Fsp3) is 0.625. The molecule has 1 aromatic heterocycles. The van der Waals surface area contributed by atoms with Crippen molar-refractivity contribution in [3.8, 4) is 6.07 Å². The molecular formula is C16H21N3O3S2. The third kappa shape index (κ3) is 3.21. The first kappa shape index (κ1) is 17.4. The van der Waals surface area contributed by atoms with Gasteiger partial charge in [-0.3, -0.25) is 4.79 Å². The molecule has 1 saturated heterocycles. The zero-order valence-corrected chi connectivity index (χ0v) is 15.3. The Morgan fingerprint density at radius 2 is 2.21 bits per heavy atom. The normalized spacial score (nSPS) is 21.2. The number of aryl methyl sites for hydroxylation is 1. The van der Waals surface area contributed by atoms with Crippen LogP contribution in [0.2, 0.25) is 0 Å². The molecule has 2 heterocycles. The second kappa shape index (κ2) is 6.82. The molecule has 130 valence electrons. The lowest BCUT2D eigenvalue weighted by molar-refractivity contribution is -0.120. The van der Waals surface area contributed by atoms with Gasteiger partial charge in [-0.2, -0.15) is 5.26 Å². The number of fused-ring (bicyclic) bond motifs is 1. The predicted octanol–water partition coefficient (Wildman–Crippen LogP) is 2.11. The van der Waals surface area contributed by atoms with Crippen molar-refractivity contribution in [3.05, 3.63) is 16.0 Å². The van der Waals surface area contributed by atoms with Crippen LogP contribution in [0.1, 0.15) is 42.2 Å². The van der Waals surface area contributed by atoms with Gasteiger partial charge < -0.3 is 5.32 Å². The lowest BCUT2D eigenvalue weighted by Crippen LogP contribution is -2.44. The van der Waals surface area contributed by atoms with Crippen molar-refractivity contribution in [1.82, 2.24) is 4.31 Å². The van der Waals surface area contributed by atoms with E-state index in [1.165, 1.54) is 20.5 Å². The maximum atomic E-state index is 12.6. The third-order valence-corrected chi connectivity index (χ3v) is 7.84. The minimum atomic E-state index is -3.27. The Morgan fingerprint density at radius 1 is 1.42 bits per heavy atom. The smallest absolute Gasteiger partial charge is 0.229 e. The molecule has 1 aliphatic heterocycles. The van der Waals surface area contributed by atoms with Gasteiger partial charge in [0.1, 0.15) is 11.1 Å². The topological polar surface area (TPSA) is 90.3 Å². The van der Waals surface area contributed by atoms with Gasteiger partial charge in [0, 0.05) is 18.0 Å². The average molecular weight is 367 g/mol. The zero-order chi connectivity index (χ0) is 17.3. The Labute approximate surface area is 146 Å². The SMILES string of the molecule is CCS(=O)(=O)N1CCCC(C(=O)Nc2sc3c(c2C#N)CCC3)C1. The maximum absolute atomic E-state index is 12.6. The van der Waals surface area contributed by atoms with Crippen LogP contribution in [0.15, 0.2) is 0 Å². The number of nitriles is 1. The molecule has 0 bridgehead atoms. The second-order valence-corrected chi connectivity index (χ2v) is 9.62. The Kier molecular flexibility index (Phi) is 4.95. The highest BCUT2D eigenvalue weighted by molar-refractivity contribution is 7.89. The van der Waals surface area contributed by atoms with Crippen molar-refractivity contribution in [3.63, 3.8) is 0 Å². The highest BCUT2D eigenvalue weighted by atomic mass is 32.2. The van der Waals surface area contributed by atoms with E-state index in [0.717, 1.165) is 24.8 Å². The van der Waals surface area contributed by atoms with E-state index < -0.39 is 10.0 Å². The van der Waals surface area contributed by atoms with E-state index in [-0.39, 0.29) is 24.1 Å². The van der Waals surface area contributed by atoms with E-state index in [1.54, 1.807) is 6.92 Å². The van der Waals surface area contributed by atoms with Crippen LogP contribution in [-0.2, 0) is 27.7 Å². The summed E-state index contributed by atoms with van der Waals surface area (Å²) in [6.07, 6.45) is 4.29. The average Bonchev–Trinajstić information content (AvgIpc) is 3.15. The number of anilines is 1. The third-order valence-electron chi connectivity index (χ3n) is 4.78. The Morgan fingerprint density at radius 3 is 2.92 bits per heavy atom. The maximum Gasteiger partial charge on any atom is 0.229 e. The number of thiophene rings is 1. The quantitative estimate of drug-likeness (QED) is 0.882. The number of carbonyl (C=O) groups is 1. The van der Waals surface area contributed by atoms with Crippen molar-refractivity contribution in [2.45, 2.75) is 39.0 Å². The highest BCUT2D eigenvalue weighted by Gasteiger charge is 2.32. The fourth-order valence-corrected chi connectivity index (χ4v) is 5.84. The van der Waals surface area contributed by atoms with E-state index in [0.29, 0.717) is 30.0 Å². The Bertz CT molecular complexity index is 792. The van der Waals surface area contributed by atoms with Gasteiger partial charge in [-0.25, -0.2) is 12.7 Å². The van der Waals surface area contributed by atoms with Gasteiger partial charge in [0.25, 0.3) is 0 Å². The largest absolute Gasteiger partial charge is 0.316 e. The van der Waals surface area contributed by atoms with Crippen molar-refractivity contribution in [1.29, 1.82) is 5.26 Å². The fourth-order valence-electron chi connectivity index (χ4n) is 3.42. The molecular weight excluding hydrogens is 346 g/mol. The summed E-state index contributed by atoms with van der Waals surface area (Å²) in [5.41, 5.74) is 1.67. The van der Waals surface area contributed by atoms with Crippen LogP contribution in [-0.4, -0.2) is 37.5 Å². The molecule has 0 spiro atoms. The van der Waals surface area contributed by atoms with Crippen molar-refractivity contribution >= 4 is 32.3 Å². The van der Waals surface area contributed by atoms with E-state index >= 15 is 0 Å². The van der Waals surface area contributed by atoms with Gasteiger partial charge in [0.2, 0.25) is 15.9 Å². The summed E-state index contributed by atoms with van der Waals surface area (Å²) in [6, 6.07) is 2.22. The molecule has 0 radical (unpaired) electrons. The van der Waals surface area contributed by atoms with Crippen LogP contribution in [0.4, 0.5) is 5.00 Å². The number of carbonyl (C=O) groups excluding carboxylic acids is 1. The van der Waals surface area contributed by atoms with Crippen LogP contribution in [0.25, 0.3) is 0 Å². The number of hydrogen-bond acceptors (Lipinski definition) is 5. The van der Waals surface area contributed by atoms with Crippen LogP contribution in [0.3, 0.4) is 0 Å². The van der Waals surface area contributed by atoms with Crippen molar-refractivity contribution < 1.29 is 13.2 Å². The number of rotatable bonds is 4. The first-order valence-electron chi connectivity index (χ1n) is 8.29. The Balaban J connectivity index is 1.73. The van der Waals surface area contributed by atoms with Crippen molar-refractivity contribution in [2.75, 3.05) is 24.2 Å². The molecule has 1 N–H and O–H groups in total.